The lowest BCUT2D eigenvalue weighted by molar-refractivity contribution is 0.102. The largest absolute Gasteiger partial charge is 0.298 e. The smallest absolute Gasteiger partial charge is 0.257 e. The molecule has 0 fully saturated rings. The van der Waals surface area contributed by atoms with E-state index in [-0.39, 0.29) is 5.91 Å². The van der Waals surface area contributed by atoms with Crippen LogP contribution in [-0.4, -0.2) is 10.9 Å². The number of hydrogen-bond acceptors (Lipinski definition) is 3. The lowest BCUT2D eigenvalue weighted by atomic mass is 10.0. The van der Waals surface area contributed by atoms with Crippen LogP contribution in [0.15, 0.2) is 42.5 Å². The molecular weight excluding hydrogens is 340 g/mol. The number of carbonyl (C=O) groups excluding carboxylic acids is 1. The highest BCUT2D eigenvalue weighted by atomic mass is 32.1. The third kappa shape index (κ3) is 3.86. The van der Waals surface area contributed by atoms with Gasteiger partial charge in [-0.3, -0.25) is 10.1 Å². The number of benzene rings is 2. The summed E-state index contributed by atoms with van der Waals surface area (Å²) >= 11 is 1.58. The summed E-state index contributed by atoms with van der Waals surface area (Å²) in [5.41, 5.74) is 6.22. The second-order valence-electron chi connectivity index (χ2n) is 6.63. The van der Waals surface area contributed by atoms with Gasteiger partial charge in [-0.15, -0.1) is 11.3 Å². The van der Waals surface area contributed by atoms with E-state index in [0.717, 1.165) is 29.7 Å². The third-order valence-corrected chi connectivity index (χ3v) is 5.46. The third-order valence-electron chi connectivity index (χ3n) is 4.43. The summed E-state index contributed by atoms with van der Waals surface area (Å²) in [6, 6.07) is 14.0. The molecule has 0 aliphatic rings. The average molecular weight is 365 g/mol. The van der Waals surface area contributed by atoms with E-state index in [2.05, 4.69) is 44.3 Å². The minimum atomic E-state index is -0.104. The number of carbonyl (C=O) groups is 1. The fourth-order valence-electron chi connectivity index (χ4n) is 3.00. The molecule has 3 nitrogen and oxygen atoms in total. The molecule has 0 saturated carbocycles. The zero-order chi connectivity index (χ0) is 18.7. The van der Waals surface area contributed by atoms with E-state index in [4.69, 9.17) is 4.98 Å². The molecule has 1 aromatic heterocycles. The molecule has 0 aliphatic heterocycles. The zero-order valence-corrected chi connectivity index (χ0v) is 16.5. The van der Waals surface area contributed by atoms with Crippen LogP contribution in [0.5, 0.6) is 0 Å². The Kier molecular flexibility index (Phi) is 5.52. The fourth-order valence-corrected chi connectivity index (χ4v) is 4.07. The monoisotopic (exact) mass is 364 g/mol. The van der Waals surface area contributed by atoms with Crippen LogP contribution >= 0.6 is 11.3 Å². The molecule has 0 bridgehead atoms. The maximum atomic E-state index is 12.6. The van der Waals surface area contributed by atoms with Crippen LogP contribution in [0.2, 0.25) is 0 Å². The Balaban J connectivity index is 1.96. The van der Waals surface area contributed by atoms with Gasteiger partial charge in [0.1, 0.15) is 0 Å². The van der Waals surface area contributed by atoms with Crippen molar-refractivity contribution in [1.82, 2.24) is 4.98 Å². The van der Waals surface area contributed by atoms with E-state index in [9.17, 15) is 4.79 Å². The molecule has 1 N–H and O–H groups in total. The Labute approximate surface area is 159 Å². The van der Waals surface area contributed by atoms with Crippen molar-refractivity contribution in [2.75, 3.05) is 5.32 Å². The quantitative estimate of drug-likeness (QED) is 0.609. The van der Waals surface area contributed by atoms with Gasteiger partial charge >= 0.3 is 0 Å². The number of nitrogens with zero attached hydrogens (tertiary/aromatic N) is 1. The van der Waals surface area contributed by atoms with Crippen LogP contribution in [0, 0.1) is 20.8 Å². The first-order valence-corrected chi connectivity index (χ1v) is 9.75. The molecule has 0 saturated heterocycles. The van der Waals surface area contributed by atoms with Gasteiger partial charge in [0.2, 0.25) is 0 Å². The summed E-state index contributed by atoms with van der Waals surface area (Å²) in [6.07, 6.45) is 2.01. The van der Waals surface area contributed by atoms with Gasteiger partial charge < -0.3 is 0 Å². The minimum absolute atomic E-state index is 0.104. The van der Waals surface area contributed by atoms with Crippen LogP contribution in [0.3, 0.4) is 0 Å². The minimum Gasteiger partial charge on any atom is -0.298 e. The number of rotatable bonds is 5. The second-order valence-corrected chi connectivity index (χ2v) is 7.71. The van der Waals surface area contributed by atoms with E-state index < -0.39 is 0 Å². The SMILES string of the molecule is CCCc1sc(NC(=O)c2ccccc2C)nc1-c1cc(C)ccc1C. The van der Waals surface area contributed by atoms with Gasteiger partial charge in [0.25, 0.3) is 5.91 Å². The van der Waals surface area contributed by atoms with E-state index in [1.54, 1.807) is 11.3 Å². The van der Waals surface area contributed by atoms with Gasteiger partial charge in [0.05, 0.1) is 5.69 Å². The maximum absolute atomic E-state index is 12.6. The number of hydrogen-bond donors (Lipinski definition) is 1. The first-order valence-electron chi connectivity index (χ1n) is 8.94. The van der Waals surface area contributed by atoms with Crippen molar-refractivity contribution < 1.29 is 4.79 Å². The number of thiazole rings is 1. The molecule has 0 unspecified atom stereocenters. The summed E-state index contributed by atoms with van der Waals surface area (Å²) in [5.74, 6) is -0.104. The van der Waals surface area contributed by atoms with Crippen molar-refractivity contribution in [2.45, 2.75) is 40.5 Å². The molecule has 4 heteroatoms. The van der Waals surface area contributed by atoms with E-state index in [1.165, 1.54) is 16.0 Å². The second kappa shape index (κ2) is 7.83. The summed E-state index contributed by atoms with van der Waals surface area (Å²) in [7, 11) is 0. The van der Waals surface area contributed by atoms with E-state index in [0.29, 0.717) is 10.7 Å². The molecule has 1 heterocycles. The molecule has 1 amide bonds. The van der Waals surface area contributed by atoms with Crippen LogP contribution < -0.4 is 5.32 Å². The molecule has 0 aliphatic carbocycles. The predicted octanol–water partition coefficient (Wildman–Crippen LogP) is 5.94. The highest BCUT2D eigenvalue weighted by Crippen LogP contribution is 2.34. The van der Waals surface area contributed by atoms with Crippen LogP contribution in [-0.2, 0) is 6.42 Å². The maximum Gasteiger partial charge on any atom is 0.257 e. The van der Waals surface area contributed by atoms with Crippen molar-refractivity contribution in [1.29, 1.82) is 0 Å². The molecule has 0 atom stereocenters. The number of amides is 1. The van der Waals surface area contributed by atoms with Crippen molar-refractivity contribution in [2.24, 2.45) is 0 Å². The van der Waals surface area contributed by atoms with Gasteiger partial charge in [-0.25, -0.2) is 4.98 Å². The summed E-state index contributed by atoms with van der Waals surface area (Å²) < 4.78 is 0. The Morgan fingerprint density at radius 3 is 2.58 bits per heavy atom. The Bertz CT molecular complexity index is 943. The zero-order valence-electron chi connectivity index (χ0n) is 15.7. The number of aryl methyl sites for hydroxylation is 4. The van der Waals surface area contributed by atoms with Gasteiger partial charge in [-0.05, 0) is 50.5 Å². The predicted molar refractivity (Wildman–Crippen MR) is 110 cm³/mol. The summed E-state index contributed by atoms with van der Waals surface area (Å²) in [6.45, 7) is 8.31. The van der Waals surface area contributed by atoms with Crippen molar-refractivity contribution >= 4 is 22.4 Å². The first kappa shape index (κ1) is 18.3. The molecule has 134 valence electrons. The molecule has 0 radical (unpaired) electrons. The topological polar surface area (TPSA) is 42.0 Å². The van der Waals surface area contributed by atoms with Gasteiger partial charge in [-0.2, -0.15) is 0 Å². The number of anilines is 1. The standard InChI is InChI=1S/C22H24N2OS/c1-5-8-19-20(18-13-14(2)11-12-16(18)4)23-22(26-19)24-21(25)17-10-7-6-9-15(17)3/h6-7,9-13H,5,8H2,1-4H3,(H,23,24,25). The normalized spacial score (nSPS) is 10.8. The summed E-state index contributed by atoms with van der Waals surface area (Å²) in [5, 5.41) is 3.66. The van der Waals surface area contributed by atoms with Crippen LogP contribution in [0.25, 0.3) is 11.3 Å². The summed E-state index contributed by atoms with van der Waals surface area (Å²) in [4.78, 5) is 18.6. The van der Waals surface area contributed by atoms with Crippen molar-refractivity contribution in [3.8, 4) is 11.3 Å². The van der Waals surface area contributed by atoms with Gasteiger partial charge in [0.15, 0.2) is 5.13 Å². The Morgan fingerprint density at radius 2 is 1.85 bits per heavy atom. The molecule has 0 spiro atoms. The highest BCUT2D eigenvalue weighted by Gasteiger charge is 2.17. The first-order chi connectivity index (χ1) is 12.5. The molecular formula is C22H24N2OS. The molecule has 26 heavy (non-hydrogen) atoms. The number of nitrogens with one attached hydrogen (secondary N) is 1. The lowest BCUT2D eigenvalue weighted by Gasteiger charge is -2.07. The van der Waals surface area contributed by atoms with E-state index >= 15 is 0 Å². The van der Waals surface area contributed by atoms with Crippen molar-refractivity contribution in [3.63, 3.8) is 0 Å². The van der Waals surface area contributed by atoms with Gasteiger partial charge in [-0.1, -0.05) is 49.2 Å². The van der Waals surface area contributed by atoms with Crippen molar-refractivity contribution in [3.05, 3.63) is 69.6 Å². The molecule has 2 aromatic carbocycles. The van der Waals surface area contributed by atoms with Crippen LogP contribution in [0.4, 0.5) is 5.13 Å². The van der Waals surface area contributed by atoms with Crippen LogP contribution in [0.1, 0.15) is 45.3 Å². The van der Waals surface area contributed by atoms with Gasteiger partial charge in [0, 0.05) is 16.0 Å². The Morgan fingerprint density at radius 1 is 1.08 bits per heavy atom. The molecule has 3 rings (SSSR count). The Hall–Kier alpha value is -2.46. The lowest BCUT2D eigenvalue weighted by Crippen LogP contribution is -2.13. The fraction of sp³-hybridized carbons (Fsp3) is 0.273. The highest BCUT2D eigenvalue weighted by molar-refractivity contribution is 7.16. The van der Waals surface area contributed by atoms with E-state index in [1.807, 2.05) is 31.2 Å². The molecule has 3 aromatic rings. The average Bonchev–Trinajstić information content (AvgIpc) is 3.00. The number of aromatic nitrogens is 1.